The van der Waals surface area contributed by atoms with Gasteiger partial charge in [-0.15, -0.1) is 0 Å². The van der Waals surface area contributed by atoms with Gasteiger partial charge in [0.15, 0.2) is 0 Å². The van der Waals surface area contributed by atoms with Gasteiger partial charge in [0, 0.05) is 19.1 Å². The minimum Gasteiger partial charge on any atom is -0.333 e. The Labute approximate surface area is 113 Å². The van der Waals surface area contributed by atoms with Gasteiger partial charge in [0.05, 0.1) is 0 Å². The van der Waals surface area contributed by atoms with Gasteiger partial charge in [-0.2, -0.15) is 0 Å². The van der Waals surface area contributed by atoms with Crippen molar-refractivity contribution in [2.75, 3.05) is 32.1 Å². The Morgan fingerprint density at radius 1 is 1.47 bits per heavy atom. The van der Waals surface area contributed by atoms with Crippen molar-refractivity contribution in [2.45, 2.75) is 19.4 Å². The third-order valence-corrected chi connectivity index (χ3v) is 3.42. The van der Waals surface area contributed by atoms with Crippen LogP contribution in [-0.2, 0) is 0 Å². The van der Waals surface area contributed by atoms with E-state index in [9.17, 15) is 4.79 Å². The molecule has 19 heavy (non-hydrogen) atoms. The van der Waals surface area contributed by atoms with Crippen LogP contribution in [0.15, 0.2) is 18.2 Å². The Morgan fingerprint density at radius 2 is 2.26 bits per heavy atom. The number of nitrogens with one attached hydrogen (secondary N) is 1. The highest BCUT2D eigenvalue weighted by Gasteiger charge is 2.25. The Morgan fingerprint density at radius 3 is 3.00 bits per heavy atom. The zero-order chi connectivity index (χ0) is 13.8. The van der Waals surface area contributed by atoms with Crippen LogP contribution < -0.4 is 11.3 Å². The van der Waals surface area contributed by atoms with E-state index in [0.717, 1.165) is 26.1 Å². The molecule has 0 aromatic carbocycles. The van der Waals surface area contributed by atoms with Gasteiger partial charge in [0.1, 0.15) is 11.5 Å². The van der Waals surface area contributed by atoms with Crippen LogP contribution in [0, 0.1) is 0 Å². The number of nitrogens with zero attached hydrogens (tertiary/aromatic N) is 3. The van der Waals surface area contributed by atoms with Crippen molar-refractivity contribution in [1.82, 2.24) is 14.8 Å². The Balaban J connectivity index is 2.17. The lowest BCUT2D eigenvalue weighted by atomic mass is 10.2. The van der Waals surface area contributed by atoms with Crippen LogP contribution in [0.1, 0.15) is 23.8 Å². The first-order chi connectivity index (χ1) is 9.11. The molecule has 104 valence electrons. The topological polar surface area (TPSA) is 74.5 Å². The lowest BCUT2D eigenvalue weighted by Crippen LogP contribution is -2.42. The molecule has 1 saturated heterocycles. The van der Waals surface area contributed by atoms with Crippen molar-refractivity contribution >= 4 is 11.7 Å². The molecular weight excluding hydrogens is 242 g/mol. The molecule has 0 radical (unpaired) electrons. The van der Waals surface area contributed by atoms with E-state index in [2.05, 4.69) is 29.3 Å². The molecule has 0 aliphatic carbocycles. The van der Waals surface area contributed by atoms with Crippen LogP contribution in [0.25, 0.3) is 0 Å². The number of aromatic nitrogens is 1. The molecule has 0 spiro atoms. The maximum absolute atomic E-state index is 12.5. The van der Waals surface area contributed by atoms with E-state index in [0.29, 0.717) is 11.5 Å². The van der Waals surface area contributed by atoms with Crippen molar-refractivity contribution in [3.05, 3.63) is 23.9 Å². The van der Waals surface area contributed by atoms with E-state index >= 15 is 0 Å². The normalized spacial score (nSPS) is 21.0. The quantitative estimate of drug-likeness (QED) is 0.601. The summed E-state index contributed by atoms with van der Waals surface area (Å²) in [5, 5.41) is 0. The number of nitrogen functional groups attached to an aromatic ring is 1. The highest BCUT2D eigenvalue weighted by atomic mass is 16.2. The standard InChI is InChI=1S/C13H21N5O/c1-10-9-17(2)7-4-8-18(10)13(19)11-5-3-6-12(15-11)16-14/h3,5-6,10H,4,7-9,14H2,1-2H3,(H,15,16). The Bertz CT molecular complexity index is 450. The zero-order valence-electron chi connectivity index (χ0n) is 11.5. The first kappa shape index (κ1) is 13.8. The minimum absolute atomic E-state index is 0.0279. The summed E-state index contributed by atoms with van der Waals surface area (Å²) in [5.74, 6) is 5.80. The van der Waals surface area contributed by atoms with Crippen molar-refractivity contribution < 1.29 is 4.79 Å². The van der Waals surface area contributed by atoms with Crippen molar-refractivity contribution in [1.29, 1.82) is 0 Å². The predicted octanol–water partition coefficient (Wildman–Crippen LogP) is 0.533. The molecule has 0 bridgehead atoms. The SMILES string of the molecule is CC1CN(C)CCCN1C(=O)c1cccc(NN)n1. The van der Waals surface area contributed by atoms with Gasteiger partial charge in [-0.05, 0) is 39.1 Å². The van der Waals surface area contributed by atoms with Crippen LogP contribution in [-0.4, -0.2) is 53.4 Å². The van der Waals surface area contributed by atoms with Crippen LogP contribution >= 0.6 is 0 Å². The molecule has 1 aliphatic rings. The smallest absolute Gasteiger partial charge is 0.272 e. The van der Waals surface area contributed by atoms with E-state index < -0.39 is 0 Å². The first-order valence-electron chi connectivity index (χ1n) is 6.55. The average Bonchev–Trinajstić information content (AvgIpc) is 2.58. The lowest BCUT2D eigenvalue weighted by molar-refractivity contribution is 0.0690. The second-order valence-electron chi connectivity index (χ2n) is 5.02. The predicted molar refractivity (Wildman–Crippen MR) is 74.7 cm³/mol. The molecule has 6 nitrogen and oxygen atoms in total. The molecule has 1 aliphatic heterocycles. The summed E-state index contributed by atoms with van der Waals surface area (Å²) in [7, 11) is 2.09. The van der Waals surface area contributed by atoms with Crippen LogP contribution in [0.5, 0.6) is 0 Å². The molecule has 1 unspecified atom stereocenters. The van der Waals surface area contributed by atoms with Gasteiger partial charge < -0.3 is 15.2 Å². The summed E-state index contributed by atoms with van der Waals surface area (Å²) in [6.45, 7) is 4.75. The molecule has 1 atom stereocenters. The van der Waals surface area contributed by atoms with E-state index in [1.807, 2.05) is 4.90 Å². The maximum atomic E-state index is 12.5. The number of carbonyl (C=O) groups excluding carboxylic acids is 1. The fourth-order valence-electron chi connectivity index (χ4n) is 2.46. The molecule has 6 heteroatoms. The fraction of sp³-hybridized carbons (Fsp3) is 0.538. The van der Waals surface area contributed by atoms with Crippen molar-refractivity contribution in [3.63, 3.8) is 0 Å². The Hall–Kier alpha value is -1.66. The largest absolute Gasteiger partial charge is 0.333 e. The molecular formula is C13H21N5O. The molecule has 0 saturated carbocycles. The summed E-state index contributed by atoms with van der Waals surface area (Å²) in [6.07, 6.45) is 0.988. The number of hydrogen-bond acceptors (Lipinski definition) is 5. The second-order valence-corrected chi connectivity index (χ2v) is 5.02. The highest BCUT2D eigenvalue weighted by Crippen LogP contribution is 2.13. The molecule has 1 aromatic rings. The van der Waals surface area contributed by atoms with Gasteiger partial charge in [0.2, 0.25) is 0 Å². The van der Waals surface area contributed by atoms with Gasteiger partial charge >= 0.3 is 0 Å². The van der Waals surface area contributed by atoms with E-state index in [4.69, 9.17) is 5.84 Å². The number of amides is 1. The van der Waals surface area contributed by atoms with Crippen molar-refractivity contribution in [2.24, 2.45) is 5.84 Å². The number of hydrazine groups is 1. The number of likely N-dealkylation sites (N-methyl/N-ethyl adjacent to an activating group) is 1. The van der Waals surface area contributed by atoms with Gasteiger partial charge in [-0.25, -0.2) is 10.8 Å². The van der Waals surface area contributed by atoms with E-state index in [1.54, 1.807) is 18.2 Å². The van der Waals surface area contributed by atoms with Crippen LogP contribution in [0.3, 0.4) is 0 Å². The number of rotatable bonds is 2. The molecule has 2 rings (SSSR count). The second kappa shape index (κ2) is 5.99. The van der Waals surface area contributed by atoms with Crippen LogP contribution in [0.2, 0.25) is 0 Å². The van der Waals surface area contributed by atoms with Gasteiger partial charge in [0.25, 0.3) is 5.91 Å². The van der Waals surface area contributed by atoms with Gasteiger partial charge in [-0.1, -0.05) is 6.07 Å². The third-order valence-electron chi connectivity index (χ3n) is 3.42. The van der Waals surface area contributed by atoms with E-state index in [1.165, 1.54) is 0 Å². The molecule has 1 fully saturated rings. The molecule has 1 amide bonds. The molecule has 3 N–H and O–H groups in total. The Kier molecular flexibility index (Phi) is 4.34. The summed E-state index contributed by atoms with van der Waals surface area (Å²) in [6, 6.07) is 5.43. The molecule has 1 aromatic heterocycles. The fourth-order valence-corrected chi connectivity index (χ4v) is 2.46. The average molecular weight is 263 g/mol. The number of pyridine rings is 1. The summed E-state index contributed by atoms with van der Waals surface area (Å²) in [5.41, 5.74) is 2.90. The first-order valence-corrected chi connectivity index (χ1v) is 6.55. The lowest BCUT2D eigenvalue weighted by Gasteiger charge is -2.27. The summed E-state index contributed by atoms with van der Waals surface area (Å²) >= 11 is 0. The van der Waals surface area contributed by atoms with E-state index in [-0.39, 0.29) is 11.9 Å². The number of carbonyl (C=O) groups is 1. The number of nitrogens with two attached hydrogens (primary N) is 1. The molecule has 2 heterocycles. The third kappa shape index (κ3) is 3.21. The number of anilines is 1. The summed E-state index contributed by atoms with van der Waals surface area (Å²) < 4.78 is 0. The van der Waals surface area contributed by atoms with Crippen molar-refractivity contribution in [3.8, 4) is 0 Å². The monoisotopic (exact) mass is 263 g/mol. The number of hydrogen-bond donors (Lipinski definition) is 2. The minimum atomic E-state index is -0.0279. The van der Waals surface area contributed by atoms with Crippen LogP contribution in [0.4, 0.5) is 5.82 Å². The summed E-state index contributed by atoms with van der Waals surface area (Å²) in [4.78, 5) is 20.9. The van der Waals surface area contributed by atoms with Gasteiger partial charge in [-0.3, -0.25) is 4.79 Å². The zero-order valence-corrected chi connectivity index (χ0v) is 11.5. The maximum Gasteiger partial charge on any atom is 0.272 e. The highest BCUT2D eigenvalue weighted by molar-refractivity contribution is 5.92.